The standard InChI is InChI=1S/C27H34NO4S2/c1-20-17-25(34-19-20)27(30,24-9-5-16-33-24)26(29)32-23-18-28(13-10-21(23)11-14-28)12-6-15-31-22-7-3-2-4-8-22/h2-5,7-9,16-17,20-21,23,30H,6,10-15,18-19H2,1H3/q+1. The van der Waals surface area contributed by atoms with Crippen molar-refractivity contribution in [1.82, 2.24) is 0 Å². The van der Waals surface area contributed by atoms with Crippen molar-refractivity contribution in [2.75, 3.05) is 38.5 Å². The van der Waals surface area contributed by atoms with Crippen LogP contribution in [0, 0.1) is 11.8 Å². The van der Waals surface area contributed by atoms with Crippen LogP contribution in [-0.2, 0) is 15.1 Å². The number of carbonyl (C=O) groups excluding carboxylic acids is 1. The number of rotatable bonds is 9. The highest BCUT2D eigenvalue weighted by atomic mass is 32.2. The fraction of sp³-hybridized carbons (Fsp3) is 0.519. The largest absolute Gasteiger partial charge is 0.493 e. The van der Waals surface area contributed by atoms with E-state index in [2.05, 4.69) is 6.92 Å². The number of carbonyl (C=O) groups is 1. The molecule has 3 atom stereocenters. The van der Waals surface area contributed by atoms with Crippen LogP contribution in [0.3, 0.4) is 0 Å². The first-order valence-corrected chi connectivity index (χ1v) is 14.2. The number of aliphatic hydroxyl groups is 1. The molecule has 6 rings (SSSR count). The summed E-state index contributed by atoms with van der Waals surface area (Å²) in [5.41, 5.74) is -1.69. The lowest BCUT2D eigenvalue weighted by Crippen LogP contribution is -2.65. The molecule has 0 radical (unpaired) electrons. The van der Waals surface area contributed by atoms with Gasteiger partial charge in [-0.15, -0.1) is 23.1 Å². The van der Waals surface area contributed by atoms with Crippen LogP contribution in [0.15, 0.2) is 58.8 Å². The predicted octanol–water partition coefficient (Wildman–Crippen LogP) is 4.82. The van der Waals surface area contributed by atoms with Gasteiger partial charge in [0.1, 0.15) is 12.3 Å². The zero-order chi connectivity index (χ0) is 23.6. The smallest absolute Gasteiger partial charge is 0.349 e. The molecule has 182 valence electrons. The van der Waals surface area contributed by atoms with Gasteiger partial charge in [0.2, 0.25) is 5.60 Å². The first-order valence-electron chi connectivity index (χ1n) is 12.3. The van der Waals surface area contributed by atoms with Gasteiger partial charge >= 0.3 is 5.97 Å². The van der Waals surface area contributed by atoms with Gasteiger partial charge in [0.25, 0.3) is 0 Å². The first-order chi connectivity index (χ1) is 16.5. The fourth-order valence-electron chi connectivity index (χ4n) is 5.61. The number of piperidine rings is 3. The number of quaternary nitrogens is 1. The summed E-state index contributed by atoms with van der Waals surface area (Å²) in [6.45, 7) is 6.95. The quantitative estimate of drug-likeness (QED) is 0.304. The summed E-state index contributed by atoms with van der Waals surface area (Å²) in [4.78, 5) is 14.9. The van der Waals surface area contributed by atoms with E-state index in [0.29, 0.717) is 23.3 Å². The van der Waals surface area contributed by atoms with E-state index in [1.807, 2.05) is 53.9 Å². The fourth-order valence-corrected chi connectivity index (χ4v) is 7.77. The third kappa shape index (κ3) is 4.81. The molecule has 7 heteroatoms. The van der Waals surface area contributed by atoms with Gasteiger partial charge in [0, 0.05) is 35.8 Å². The number of fused-ring (bicyclic) bond motifs is 3. The van der Waals surface area contributed by atoms with E-state index in [4.69, 9.17) is 9.47 Å². The molecule has 5 nitrogen and oxygen atoms in total. The molecule has 0 aliphatic carbocycles. The van der Waals surface area contributed by atoms with Crippen LogP contribution in [0.4, 0.5) is 0 Å². The molecule has 0 saturated carbocycles. The van der Waals surface area contributed by atoms with Crippen LogP contribution in [0.2, 0.25) is 0 Å². The summed E-state index contributed by atoms with van der Waals surface area (Å²) in [7, 11) is 0. The first kappa shape index (κ1) is 23.9. The number of hydrogen-bond donors (Lipinski definition) is 1. The maximum atomic E-state index is 13.6. The van der Waals surface area contributed by atoms with Crippen molar-refractivity contribution in [3.05, 3.63) is 63.7 Å². The third-order valence-electron chi connectivity index (χ3n) is 7.56. The molecule has 3 unspecified atom stereocenters. The van der Waals surface area contributed by atoms with Crippen LogP contribution in [0.25, 0.3) is 0 Å². The van der Waals surface area contributed by atoms with E-state index in [-0.39, 0.29) is 6.10 Å². The maximum absolute atomic E-state index is 13.6. The normalized spacial score (nSPS) is 29.9. The Labute approximate surface area is 210 Å². The van der Waals surface area contributed by atoms with Gasteiger partial charge in [-0.3, -0.25) is 0 Å². The van der Waals surface area contributed by atoms with Crippen molar-refractivity contribution >= 4 is 29.1 Å². The van der Waals surface area contributed by atoms with Gasteiger partial charge < -0.3 is 19.1 Å². The second-order valence-corrected chi connectivity index (χ2v) is 12.0. The molecule has 4 aliphatic heterocycles. The molecule has 1 aromatic heterocycles. The Morgan fingerprint density at radius 2 is 1.97 bits per heavy atom. The highest BCUT2D eigenvalue weighted by Crippen LogP contribution is 2.46. The van der Waals surface area contributed by atoms with E-state index in [1.165, 1.54) is 11.3 Å². The number of para-hydroxylation sites is 1. The SMILES string of the molecule is CC1C=C(C(O)(C(=O)OC2C[N+]3(CCCOc4ccccc4)CCC2CC3)c2cccs2)SC1. The van der Waals surface area contributed by atoms with E-state index in [9.17, 15) is 9.90 Å². The minimum atomic E-state index is -1.69. The number of ether oxygens (including phenoxy) is 2. The van der Waals surface area contributed by atoms with Gasteiger partial charge in [0.15, 0.2) is 6.10 Å². The van der Waals surface area contributed by atoms with Crippen molar-refractivity contribution in [1.29, 1.82) is 0 Å². The predicted molar refractivity (Wildman–Crippen MR) is 137 cm³/mol. The number of thiophene rings is 1. The molecule has 3 fully saturated rings. The Bertz CT molecular complexity index is 1000. The van der Waals surface area contributed by atoms with Gasteiger partial charge in [0.05, 0.1) is 31.1 Å². The number of esters is 1. The number of allylic oxidation sites excluding steroid dienone is 1. The Kier molecular flexibility index (Phi) is 7.07. The summed E-state index contributed by atoms with van der Waals surface area (Å²) in [6, 6.07) is 13.7. The van der Waals surface area contributed by atoms with E-state index in [0.717, 1.165) is 66.3 Å². The molecule has 0 amide bonds. The molecule has 1 aromatic carbocycles. The maximum Gasteiger partial charge on any atom is 0.349 e. The number of thioether (sulfide) groups is 1. The Hall–Kier alpha value is -1.80. The highest BCUT2D eigenvalue weighted by Gasteiger charge is 2.52. The van der Waals surface area contributed by atoms with Gasteiger partial charge in [-0.05, 0) is 29.5 Å². The van der Waals surface area contributed by atoms with Crippen molar-refractivity contribution in [3.8, 4) is 5.75 Å². The van der Waals surface area contributed by atoms with Crippen molar-refractivity contribution in [3.63, 3.8) is 0 Å². The molecule has 34 heavy (non-hydrogen) atoms. The van der Waals surface area contributed by atoms with Gasteiger partial charge in [-0.1, -0.05) is 37.3 Å². The molecule has 2 bridgehead atoms. The summed E-state index contributed by atoms with van der Waals surface area (Å²) < 4.78 is 13.1. The van der Waals surface area contributed by atoms with Gasteiger partial charge in [-0.2, -0.15) is 0 Å². The average molecular weight is 501 g/mol. The number of nitrogens with zero attached hydrogens (tertiary/aromatic N) is 1. The summed E-state index contributed by atoms with van der Waals surface area (Å²) >= 11 is 2.98. The lowest BCUT2D eigenvalue weighted by molar-refractivity contribution is -0.946. The monoisotopic (exact) mass is 500 g/mol. The molecule has 5 heterocycles. The topological polar surface area (TPSA) is 55.8 Å². The average Bonchev–Trinajstić information content (AvgIpc) is 3.55. The summed E-state index contributed by atoms with van der Waals surface area (Å²) in [5, 5.41) is 13.6. The molecule has 0 spiro atoms. The summed E-state index contributed by atoms with van der Waals surface area (Å²) in [6.07, 6.45) is 5.01. The highest BCUT2D eigenvalue weighted by molar-refractivity contribution is 8.03. The minimum Gasteiger partial charge on any atom is -0.493 e. The third-order valence-corrected chi connectivity index (χ3v) is 9.97. The minimum absolute atomic E-state index is 0.138. The van der Waals surface area contributed by atoms with E-state index in [1.54, 1.807) is 11.8 Å². The van der Waals surface area contributed by atoms with Crippen molar-refractivity contribution in [2.45, 2.75) is 37.9 Å². The van der Waals surface area contributed by atoms with Gasteiger partial charge in [-0.25, -0.2) is 4.79 Å². The Morgan fingerprint density at radius 1 is 1.18 bits per heavy atom. The second-order valence-electron chi connectivity index (χ2n) is 10.00. The molecule has 3 saturated heterocycles. The van der Waals surface area contributed by atoms with E-state index < -0.39 is 11.6 Å². The molecule has 1 N–H and O–H groups in total. The van der Waals surface area contributed by atoms with Crippen LogP contribution < -0.4 is 4.74 Å². The number of hydrogen-bond acceptors (Lipinski definition) is 6. The molecule has 4 aliphatic rings. The lowest BCUT2D eigenvalue weighted by atomic mass is 9.83. The lowest BCUT2D eigenvalue weighted by Gasteiger charge is -2.52. The zero-order valence-electron chi connectivity index (χ0n) is 19.7. The molecule has 2 aromatic rings. The zero-order valence-corrected chi connectivity index (χ0v) is 21.4. The van der Waals surface area contributed by atoms with Crippen LogP contribution in [0.1, 0.15) is 31.1 Å². The summed E-state index contributed by atoms with van der Waals surface area (Å²) in [5.74, 6) is 2.01. The molecular weight excluding hydrogens is 466 g/mol. The van der Waals surface area contributed by atoms with Crippen molar-refractivity contribution < 1.29 is 23.9 Å². The van der Waals surface area contributed by atoms with Crippen LogP contribution >= 0.6 is 23.1 Å². The van der Waals surface area contributed by atoms with Crippen LogP contribution in [-0.4, -0.2) is 60.2 Å². The second kappa shape index (κ2) is 10.1. The van der Waals surface area contributed by atoms with E-state index >= 15 is 0 Å². The Balaban J connectivity index is 1.24. The van der Waals surface area contributed by atoms with Crippen LogP contribution in [0.5, 0.6) is 5.75 Å². The Morgan fingerprint density at radius 3 is 2.65 bits per heavy atom. The molecular formula is C27H34NO4S2+. The van der Waals surface area contributed by atoms with Crippen molar-refractivity contribution in [2.24, 2.45) is 11.8 Å². The number of benzene rings is 1.